The molecule has 1 aliphatic rings. The molecule has 1 aromatic heterocycles. The van der Waals surface area contributed by atoms with E-state index in [9.17, 15) is 4.79 Å². The van der Waals surface area contributed by atoms with Gasteiger partial charge in [0.05, 0.1) is 12.7 Å². The molecule has 2 atom stereocenters. The highest BCUT2D eigenvalue weighted by Crippen LogP contribution is 2.18. The van der Waals surface area contributed by atoms with Gasteiger partial charge in [0.25, 0.3) is 5.89 Å². The minimum absolute atomic E-state index is 0. The van der Waals surface area contributed by atoms with Crippen molar-refractivity contribution < 1.29 is 14.1 Å². The van der Waals surface area contributed by atoms with E-state index < -0.39 is 0 Å². The highest BCUT2D eigenvalue weighted by Gasteiger charge is 2.27. The fourth-order valence-corrected chi connectivity index (χ4v) is 2.80. The summed E-state index contributed by atoms with van der Waals surface area (Å²) in [6.07, 6.45) is 1.41. The number of halogens is 1. The van der Waals surface area contributed by atoms with Crippen molar-refractivity contribution in [3.05, 3.63) is 35.7 Å². The molecule has 0 saturated carbocycles. The number of benzene rings is 1. The van der Waals surface area contributed by atoms with Crippen LogP contribution >= 0.6 is 12.4 Å². The maximum absolute atomic E-state index is 12.2. The molecule has 3 rings (SSSR count). The van der Waals surface area contributed by atoms with Crippen LogP contribution in [0.2, 0.25) is 0 Å². The first-order valence-corrected chi connectivity index (χ1v) is 8.72. The van der Waals surface area contributed by atoms with E-state index in [1.54, 1.807) is 0 Å². The van der Waals surface area contributed by atoms with Crippen molar-refractivity contribution in [2.24, 2.45) is 0 Å². The van der Waals surface area contributed by atoms with Gasteiger partial charge >= 0.3 is 0 Å². The Morgan fingerprint density at radius 3 is 2.77 bits per heavy atom. The van der Waals surface area contributed by atoms with Crippen molar-refractivity contribution >= 4 is 18.3 Å². The molecule has 7 nitrogen and oxygen atoms in total. The van der Waals surface area contributed by atoms with Crippen molar-refractivity contribution in [3.63, 3.8) is 0 Å². The summed E-state index contributed by atoms with van der Waals surface area (Å²) < 4.78 is 10.7. The van der Waals surface area contributed by atoms with E-state index in [0.717, 1.165) is 24.0 Å². The van der Waals surface area contributed by atoms with Gasteiger partial charge in [-0.25, -0.2) is 0 Å². The summed E-state index contributed by atoms with van der Waals surface area (Å²) in [6, 6.07) is 7.68. The molecule has 1 aliphatic heterocycles. The fourth-order valence-electron chi connectivity index (χ4n) is 2.80. The average molecular weight is 381 g/mol. The lowest BCUT2D eigenvalue weighted by molar-refractivity contribution is -0.128. The molecule has 1 amide bonds. The number of amides is 1. The second-order valence-electron chi connectivity index (χ2n) is 6.11. The van der Waals surface area contributed by atoms with Crippen molar-refractivity contribution in [1.82, 2.24) is 20.8 Å². The minimum atomic E-state index is -0.276. The SMILES string of the molecule is CCc1noc(-c2ccc(CCNC(=O)[C@H]3NCCO[C@@H]3C)cc2)n1.Cl. The van der Waals surface area contributed by atoms with E-state index >= 15 is 0 Å². The number of nitrogens with one attached hydrogen (secondary N) is 2. The molecular weight excluding hydrogens is 356 g/mol. The first-order chi connectivity index (χ1) is 12.2. The second-order valence-corrected chi connectivity index (χ2v) is 6.11. The number of aromatic nitrogens is 2. The molecule has 1 saturated heterocycles. The van der Waals surface area contributed by atoms with Gasteiger partial charge in [-0.1, -0.05) is 24.2 Å². The molecule has 0 radical (unpaired) electrons. The zero-order chi connectivity index (χ0) is 17.6. The van der Waals surface area contributed by atoms with E-state index in [1.165, 1.54) is 0 Å². The molecule has 2 N–H and O–H groups in total. The number of carbonyl (C=O) groups excluding carboxylic acids is 1. The Hall–Kier alpha value is -1.96. The Morgan fingerprint density at radius 2 is 2.12 bits per heavy atom. The van der Waals surface area contributed by atoms with Crippen LogP contribution in [0.4, 0.5) is 0 Å². The van der Waals surface area contributed by atoms with Gasteiger partial charge < -0.3 is 19.9 Å². The van der Waals surface area contributed by atoms with Crippen LogP contribution < -0.4 is 10.6 Å². The maximum Gasteiger partial charge on any atom is 0.257 e. The predicted molar refractivity (Wildman–Crippen MR) is 100 cm³/mol. The molecule has 0 unspecified atom stereocenters. The fraction of sp³-hybridized carbons (Fsp3) is 0.500. The third kappa shape index (κ3) is 5.03. The minimum Gasteiger partial charge on any atom is -0.375 e. The Labute approximate surface area is 159 Å². The molecule has 8 heteroatoms. The van der Waals surface area contributed by atoms with Crippen molar-refractivity contribution in [2.45, 2.75) is 38.8 Å². The van der Waals surface area contributed by atoms with Gasteiger partial charge in [0, 0.05) is 25.1 Å². The first-order valence-electron chi connectivity index (χ1n) is 8.72. The maximum atomic E-state index is 12.2. The predicted octanol–water partition coefficient (Wildman–Crippen LogP) is 1.76. The lowest BCUT2D eigenvalue weighted by atomic mass is 10.1. The summed E-state index contributed by atoms with van der Waals surface area (Å²) in [5, 5.41) is 10.1. The number of aryl methyl sites for hydroxylation is 1. The van der Waals surface area contributed by atoms with E-state index in [0.29, 0.717) is 31.4 Å². The van der Waals surface area contributed by atoms with Gasteiger partial charge in [0.2, 0.25) is 5.91 Å². The van der Waals surface area contributed by atoms with Gasteiger partial charge in [-0.15, -0.1) is 12.4 Å². The summed E-state index contributed by atoms with van der Waals surface area (Å²) in [5.41, 5.74) is 2.04. The van der Waals surface area contributed by atoms with Crippen LogP contribution in [0.3, 0.4) is 0 Å². The first kappa shape index (κ1) is 20.4. The van der Waals surface area contributed by atoms with Crippen LogP contribution in [0.5, 0.6) is 0 Å². The molecule has 26 heavy (non-hydrogen) atoms. The molecule has 1 fully saturated rings. The summed E-state index contributed by atoms with van der Waals surface area (Å²) in [5.74, 6) is 1.23. The standard InChI is InChI=1S/C18H24N4O3.ClH/c1-3-15-21-18(25-22-15)14-6-4-13(5-7-14)8-9-20-17(23)16-12(2)24-11-10-19-16;/h4-7,12,16,19H,3,8-11H2,1-2H3,(H,20,23);1H/t12-,16+;/m1./s1. The van der Waals surface area contributed by atoms with Crippen molar-refractivity contribution in [2.75, 3.05) is 19.7 Å². The topological polar surface area (TPSA) is 89.3 Å². The number of ether oxygens (including phenoxy) is 1. The van der Waals surface area contributed by atoms with E-state index in [1.807, 2.05) is 38.1 Å². The number of hydrogen-bond donors (Lipinski definition) is 2. The van der Waals surface area contributed by atoms with Gasteiger partial charge in [0.1, 0.15) is 6.04 Å². The smallest absolute Gasteiger partial charge is 0.257 e. The summed E-state index contributed by atoms with van der Waals surface area (Å²) in [4.78, 5) is 16.5. The van der Waals surface area contributed by atoms with Crippen LogP contribution in [-0.2, 0) is 22.4 Å². The van der Waals surface area contributed by atoms with Gasteiger partial charge in [-0.3, -0.25) is 4.79 Å². The molecule has 1 aromatic carbocycles. The molecule has 142 valence electrons. The molecule has 2 aromatic rings. The third-order valence-corrected chi connectivity index (χ3v) is 4.30. The summed E-state index contributed by atoms with van der Waals surface area (Å²) in [6.45, 7) is 5.85. The summed E-state index contributed by atoms with van der Waals surface area (Å²) in [7, 11) is 0. The van der Waals surface area contributed by atoms with Crippen LogP contribution in [0.25, 0.3) is 11.5 Å². The number of rotatable bonds is 6. The quantitative estimate of drug-likeness (QED) is 0.793. The Bertz CT molecular complexity index is 705. The van der Waals surface area contributed by atoms with Crippen LogP contribution in [0.15, 0.2) is 28.8 Å². The number of nitrogens with zero attached hydrogens (tertiary/aromatic N) is 2. The van der Waals surface area contributed by atoms with Gasteiger partial charge in [-0.05, 0) is 31.0 Å². The second kappa shape index (κ2) is 9.66. The normalized spacial score (nSPS) is 19.6. The number of morpholine rings is 1. The van der Waals surface area contributed by atoms with E-state index in [2.05, 4.69) is 20.8 Å². The molecule has 0 aliphatic carbocycles. The van der Waals surface area contributed by atoms with E-state index in [-0.39, 0.29) is 30.5 Å². The number of carbonyl (C=O) groups is 1. The van der Waals surface area contributed by atoms with Crippen LogP contribution in [0.1, 0.15) is 25.2 Å². The Morgan fingerprint density at radius 1 is 1.35 bits per heavy atom. The van der Waals surface area contributed by atoms with Gasteiger partial charge in [0.15, 0.2) is 5.82 Å². The lowest BCUT2D eigenvalue weighted by Crippen LogP contribution is -2.55. The monoisotopic (exact) mass is 380 g/mol. The number of hydrogen-bond acceptors (Lipinski definition) is 6. The average Bonchev–Trinajstić information content (AvgIpc) is 3.12. The molecule has 0 spiro atoms. The summed E-state index contributed by atoms with van der Waals surface area (Å²) >= 11 is 0. The van der Waals surface area contributed by atoms with Crippen molar-refractivity contribution in [3.8, 4) is 11.5 Å². The molecule has 2 heterocycles. The molecule has 0 bridgehead atoms. The highest BCUT2D eigenvalue weighted by atomic mass is 35.5. The van der Waals surface area contributed by atoms with Crippen LogP contribution in [-0.4, -0.2) is 47.9 Å². The zero-order valence-corrected chi connectivity index (χ0v) is 15.8. The van der Waals surface area contributed by atoms with Crippen LogP contribution in [0, 0.1) is 0 Å². The Balaban J connectivity index is 0.00000243. The zero-order valence-electron chi connectivity index (χ0n) is 15.0. The lowest BCUT2D eigenvalue weighted by Gasteiger charge is -2.29. The largest absolute Gasteiger partial charge is 0.375 e. The third-order valence-electron chi connectivity index (χ3n) is 4.30. The molecular formula is C18H25ClN4O3. The Kier molecular flexibility index (Phi) is 7.56. The highest BCUT2D eigenvalue weighted by molar-refractivity contribution is 5.85. The van der Waals surface area contributed by atoms with Gasteiger partial charge in [-0.2, -0.15) is 4.98 Å². The van der Waals surface area contributed by atoms with E-state index in [4.69, 9.17) is 9.26 Å². The van der Waals surface area contributed by atoms with Crippen molar-refractivity contribution in [1.29, 1.82) is 0 Å².